The molecule has 2 aromatic carbocycles. The molecule has 0 saturated heterocycles. The smallest absolute Gasteiger partial charge is 0.185 e. The van der Waals surface area contributed by atoms with Gasteiger partial charge in [-0.15, -0.1) is 0 Å². The van der Waals surface area contributed by atoms with Crippen molar-refractivity contribution < 1.29 is 4.79 Å². The molecule has 0 heterocycles. The molecule has 0 spiro atoms. The Hall–Kier alpha value is -2.15. The second-order valence-electron chi connectivity index (χ2n) is 4.66. The fourth-order valence-electron chi connectivity index (χ4n) is 1.95. The number of carbonyl (C=O) groups is 1. The third kappa shape index (κ3) is 3.65. The molecule has 0 N–H and O–H groups in total. The van der Waals surface area contributed by atoms with Gasteiger partial charge in [0.05, 0.1) is 0 Å². The third-order valence-corrected chi connectivity index (χ3v) is 3.12. The fraction of sp³-hybridized carbons (Fsp3) is 0.167. The van der Waals surface area contributed by atoms with Crippen molar-refractivity contribution in [3.05, 3.63) is 76.9 Å². The van der Waals surface area contributed by atoms with Crippen LogP contribution in [0.25, 0.3) is 6.08 Å². The van der Waals surface area contributed by atoms with Crippen LogP contribution in [-0.4, -0.2) is 5.78 Å². The molecule has 2 aromatic rings. The number of hydrogen-bond donors (Lipinski definition) is 0. The van der Waals surface area contributed by atoms with E-state index < -0.39 is 0 Å². The molecule has 0 atom stereocenters. The van der Waals surface area contributed by atoms with E-state index in [4.69, 9.17) is 0 Å². The van der Waals surface area contributed by atoms with E-state index in [-0.39, 0.29) is 5.78 Å². The summed E-state index contributed by atoms with van der Waals surface area (Å²) in [5, 5.41) is 0. The van der Waals surface area contributed by atoms with Crippen LogP contribution in [0.5, 0.6) is 0 Å². The van der Waals surface area contributed by atoms with Crippen LogP contribution in [0.3, 0.4) is 0 Å². The molecule has 0 aliphatic heterocycles. The fourth-order valence-corrected chi connectivity index (χ4v) is 1.95. The van der Waals surface area contributed by atoms with E-state index in [0.717, 1.165) is 17.5 Å². The zero-order chi connectivity index (χ0) is 13.7. The summed E-state index contributed by atoms with van der Waals surface area (Å²) in [6.07, 6.45) is 4.49. The van der Waals surface area contributed by atoms with E-state index in [2.05, 4.69) is 13.0 Å². The largest absolute Gasteiger partial charge is 0.289 e. The Balaban J connectivity index is 2.11. The Morgan fingerprint density at radius 2 is 1.84 bits per heavy atom. The molecule has 0 unspecified atom stereocenters. The van der Waals surface area contributed by atoms with Crippen LogP contribution in [-0.2, 0) is 6.42 Å². The van der Waals surface area contributed by atoms with Crippen molar-refractivity contribution >= 4 is 11.9 Å². The molecule has 19 heavy (non-hydrogen) atoms. The SMILES string of the molecule is CCc1ccc(C(=O)C=Cc2cccc(C)c2)cc1. The number of benzene rings is 2. The van der Waals surface area contributed by atoms with Gasteiger partial charge in [-0.2, -0.15) is 0 Å². The van der Waals surface area contributed by atoms with Crippen LogP contribution in [0, 0.1) is 6.92 Å². The van der Waals surface area contributed by atoms with E-state index in [1.165, 1.54) is 11.1 Å². The molecule has 1 heteroatoms. The van der Waals surface area contributed by atoms with Gasteiger partial charge in [0, 0.05) is 5.56 Å². The number of ketones is 1. The zero-order valence-corrected chi connectivity index (χ0v) is 11.4. The van der Waals surface area contributed by atoms with Gasteiger partial charge in [0.1, 0.15) is 0 Å². The predicted octanol–water partition coefficient (Wildman–Crippen LogP) is 4.45. The summed E-state index contributed by atoms with van der Waals surface area (Å²) in [5.41, 5.74) is 4.24. The zero-order valence-electron chi connectivity index (χ0n) is 11.4. The number of carbonyl (C=O) groups excluding carboxylic acids is 1. The summed E-state index contributed by atoms with van der Waals surface area (Å²) >= 11 is 0. The highest BCUT2D eigenvalue weighted by atomic mass is 16.1. The highest BCUT2D eigenvalue weighted by molar-refractivity contribution is 6.06. The van der Waals surface area contributed by atoms with Crippen molar-refractivity contribution in [1.82, 2.24) is 0 Å². The van der Waals surface area contributed by atoms with E-state index in [1.54, 1.807) is 6.08 Å². The number of allylic oxidation sites excluding steroid dienone is 1. The molecular weight excluding hydrogens is 232 g/mol. The predicted molar refractivity (Wildman–Crippen MR) is 80.4 cm³/mol. The van der Waals surface area contributed by atoms with E-state index in [9.17, 15) is 4.79 Å². The molecule has 0 fully saturated rings. The maximum absolute atomic E-state index is 12.0. The molecule has 2 rings (SSSR count). The number of rotatable bonds is 4. The van der Waals surface area contributed by atoms with Crippen molar-refractivity contribution in [2.24, 2.45) is 0 Å². The van der Waals surface area contributed by atoms with Crippen LogP contribution >= 0.6 is 0 Å². The molecule has 0 aliphatic rings. The van der Waals surface area contributed by atoms with E-state index in [0.29, 0.717) is 0 Å². The van der Waals surface area contributed by atoms with Crippen LogP contribution in [0.15, 0.2) is 54.6 Å². The van der Waals surface area contributed by atoms with Gasteiger partial charge in [0.25, 0.3) is 0 Å². The Kier molecular flexibility index (Phi) is 4.30. The summed E-state index contributed by atoms with van der Waals surface area (Å²) in [6.45, 7) is 4.15. The quantitative estimate of drug-likeness (QED) is 0.578. The Morgan fingerprint density at radius 3 is 2.47 bits per heavy atom. The normalized spacial score (nSPS) is 10.8. The molecule has 0 saturated carbocycles. The molecule has 0 bridgehead atoms. The second kappa shape index (κ2) is 6.14. The average molecular weight is 250 g/mol. The minimum Gasteiger partial charge on any atom is -0.289 e. The summed E-state index contributed by atoms with van der Waals surface area (Å²) < 4.78 is 0. The topological polar surface area (TPSA) is 17.1 Å². The monoisotopic (exact) mass is 250 g/mol. The number of hydrogen-bond acceptors (Lipinski definition) is 1. The first-order valence-electron chi connectivity index (χ1n) is 6.57. The Morgan fingerprint density at radius 1 is 1.11 bits per heavy atom. The van der Waals surface area contributed by atoms with Crippen molar-refractivity contribution in [3.63, 3.8) is 0 Å². The minimum absolute atomic E-state index is 0.0455. The first-order chi connectivity index (χ1) is 9.19. The summed E-state index contributed by atoms with van der Waals surface area (Å²) in [4.78, 5) is 12.0. The first kappa shape index (κ1) is 13.3. The van der Waals surface area contributed by atoms with Gasteiger partial charge in [-0.1, -0.05) is 67.1 Å². The maximum atomic E-state index is 12.0. The average Bonchev–Trinajstić information content (AvgIpc) is 2.45. The standard InChI is InChI=1S/C18H18O/c1-3-15-7-10-17(11-8-15)18(19)12-9-16-6-4-5-14(2)13-16/h4-13H,3H2,1-2H3. The molecule has 96 valence electrons. The minimum atomic E-state index is 0.0455. The third-order valence-electron chi connectivity index (χ3n) is 3.12. The molecule has 0 aromatic heterocycles. The highest BCUT2D eigenvalue weighted by Crippen LogP contribution is 2.09. The highest BCUT2D eigenvalue weighted by Gasteiger charge is 2.01. The molecule has 1 nitrogen and oxygen atoms in total. The lowest BCUT2D eigenvalue weighted by molar-refractivity contribution is 0.104. The lowest BCUT2D eigenvalue weighted by Crippen LogP contribution is -1.94. The van der Waals surface area contributed by atoms with Crippen LogP contribution in [0.1, 0.15) is 34.0 Å². The van der Waals surface area contributed by atoms with Gasteiger partial charge in [0.2, 0.25) is 0 Å². The van der Waals surface area contributed by atoms with Gasteiger partial charge < -0.3 is 0 Å². The number of aryl methyl sites for hydroxylation is 2. The lowest BCUT2D eigenvalue weighted by atomic mass is 10.1. The summed E-state index contributed by atoms with van der Waals surface area (Å²) in [7, 11) is 0. The van der Waals surface area contributed by atoms with E-state index >= 15 is 0 Å². The van der Waals surface area contributed by atoms with Gasteiger partial charge in [-0.05, 0) is 30.5 Å². The van der Waals surface area contributed by atoms with Crippen molar-refractivity contribution in [2.75, 3.05) is 0 Å². The molecule has 0 radical (unpaired) electrons. The Bertz CT molecular complexity index is 591. The van der Waals surface area contributed by atoms with Crippen LogP contribution in [0.4, 0.5) is 0 Å². The lowest BCUT2D eigenvalue weighted by Gasteiger charge is -1.99. The van der Waals surface area contributed by atoms with Gasteiger partial charge in [-0.3, -0.25) is 4.79 Å². The van der Waals surface area contributed by atoms with Crippen LogP contribution < -0.4 is 0 Å². The molecule has 0 aliphatic carbocycles. The van der Waals surface area contributed by atoms with Crippen molar-refractivity contribution in [1.29, 1.82) is 0 Å². The van der Waals surface area contributed by atoms with Gasteiger partial charge in [-0.25, -0.2) is 0 Å². The second-order valence-corrected chi connectivity index (χ2v) is 4.66. The maximum Gasteiger partial charge on any atom is 0.185 e. The Labute approximate surface area is 114 Å². The van der Waals surface area contributed by atoms with Gasteiger partial charge in [0.15, 0.2) is 5.78 Å². The summed E-state index contributed by atoms with van der Waals surface area (Å²) in [5.74, 6) is 0.0455. The molecule has 0 amide bonds. The van der Waals surface area contributed by atoms with Crippen molar-refractivity contribution in [3.8, 4) is 0 Å². The van der Waals surface area contributed by atoms with Crippen molar-refractivity contribution in [2.45, 2.75) is 20.3 Å². The molecular formula is C18H18O. The summed E-state index contributed by atoms with van der Waals surface area (Å²) in [6, 6.07) is 15.9. The van der Waals surface area contributed by atoms with Gasteiger partial charge >= 0.3 is 0 Å². The first-order valence-corrected chi connectivity index (χ1v) is 6.57. The van der Waals surface area contributed by atoms with Crippen LogP contribution in [0.2, 0.25) is 0 Å². The van der Waals surface area contributed by atoms with E-state index in [1.807, 2.05) is 55.5 Å².